The maximum absolute atomic E-state index is 12.6. The zero-order chi connectivity index (χ0) is 30.0. The molecule has 2 aromatic rings. The van der Waals surface area contributed by atoms with Crippen LogP contribution >= 0.6 is 0 Å². The normalized spacial score (nSPS) is 11.8. The molecule has 0 fully saturated rings. The SMILES string of the molecule is CC(C)(OCCOCCCCCC(=O)C(C)(C)OCc1ccccc1)C(=O)CCCCC(=O)OCc1ccccc1. The number of ketones is 2. The van der Waals surface area contributed by atoms with Gasteiger partial charge in [-0.3, -0.25) is 14.4 Å². The lowest BCUT2D eigenvalue weighted by atomic mass is 9.98. The quantitative estimate of drug-likeness (QED) is 0.114. The van der Waals surface area contributed by atoms with Crippen molar-refractivity contribution in [1.82, 2.24) is 0 Å². The van der Waals surface area contributed by atoms with Crippen LogP contribution in [0.2, 0.25) is 0 Å². The predicted molar refractivity (Wildman–Crippen MR) is 159 cm³/mol. The molecule has 0 saturated heterocycles. The first-order chi connectivity index (χ1) is 19.6. The molecule has 0 radical (unpaired) electrons. The van der Waals surface area contributed by atoms with Crippen LogP contribution in [-0.2, 0) is 46.5 Å². The van der Waals surface area contributed by atoms with Crippen LogP contribution in [-0.4, -0.2) is 48.6 Å². The van der Waals surface area contributed by atoms with Crippen LogP contribution in [0.5, 0.6) is 0 Å². The Morgan fingerprint density at radius 3 is 1.68 bits per heavy atom. The van der Waals surface area contributed by atoms with Crippen LogP contribution in [0, 0.1) is 0 Å². The summed E-state index contributed by atoms with van der Waals surface area (Å²) in [6.07, 6.45) is 4.89. The summed E-state index contributed by atoms with van der Waals surface area (Å²) in [5.41, 5.74) is 0.307. The fraction of sp³-hybridized carbons (Fsp3) is 0.559. The van der Waals surface area contributed by atoms with Crippen molar-refractivity contribution in [3.8, 4) is 0 Å². The van der Waals surface area contributed by atoms with Gasteiger partial charge in [0.2, 0.25) is 0 Å². The summed E-state index contributed by atoms with van der Waals surface area (Å²) >= 11 is 0. The van der Waals surface area contributed by atoms with Crippen molar-refractivity contribution < 1.29 is 33.3 Å². The Morgan fingerprint density at radius 2 is 1.07 bits per heavy atom. The highest BCUT2D eigenvalue weighted by atomic mass is 16.5. The fourth-order valence-electron chi connectivity index (χ4n) is 4.09. The molecule has 226 valence electrons. The van der Waals surface area contributed by atoms with E-state index in [1.807, 2.05) is 74.5 Å². The van der Waals surface area contributed by atoms with Crippen molar-refractivity contribution in [2.75, 3.05) is 19.8 Å². The minimum Gasteiger partial charge on any atom is -0.461 e. The number of benzene rings is 2. The first kappa shape index (κ1) is 34.3. The average Bonchev–Trinajstić information content (AvgIpc) is 2.97. The minimum absolute atomic E-state index is 0.00972. The molecule has 7 nitrogen and oxygen atoms in total. The molecular formula is C34H48O7. The van der Waals surface area contributed by atoms with Crippen molar-refractivity contribution in [3.05, 3.63) is 71.8 Å². The molecule has 0 unspecified atom stereocenters. The predicted octanol–water partition coefficient (Wildman–Crippen LogP) is 6.80. The van der Waals surface area contributed by atoms with E-state index in [1.165, 1.54) is 0 Å². The second-order valence-electron chi connectivity index (χ2n) is 11.3. The van der Waals surface area contributed by atoms with Crippen LogP contribution in [0.25, 0.3) is 0 Å². The smallest absolute Gasteiger partial charge is 0.306 e. The highest BCUT2D eigenvalue weighted by Crippen LogP contribution is 2.18. The van der Waals surface area contributed by atoms with E-state index in [9.17, 15) is 14.4 Å². The molecule has 2 rings (SSSR count). The van der Waals surface area contributed by atoms with E-state index in [0.717, 1.165) is 30.4 Å². The number of carbonyl (C=O) groups excluding carboxylic acids is 3. The molecular weight excluding hydrogens is 520 g/mol. The lowest BCUT2D eigenvalue weighted by molar-refractivity contribution is -0.146. The summed E-state index contributed by atoms with van der Waals surface area (Å²) in [5.74, 6) is -0.134. The molecule has 0 N–H and O–H groups in total. The highest BCUT2D eigenvalue weighted by Gasteiger charge is 2.28. The summed E-state index contributed by atoms with van der Waals surface area (Å²) in [4.78, 5) is 37.1. The van der Waals surface area contributed by atoms with Gasteiger partial charge in [-0.05, 0) is 64.5 Å². The lowest BCUT2D eigenvalue weighted by Crippen LogP contribution is -2.36. The van der Waals surface area contributed by atoms with E-state index in [0.29, 0.717) is 58.5 Å². The van der Waals surface area contributed by atoms with Crippen LogP contribution < -0.4 is 0 Å². The van der Waals surface area contributed by atoms with Crippen LogP contribution in [0.15, 0.2) is 60.7 Å². The molecule has 0 atom stereocenters. The number of ether oxygens (including phenoxy) is 4. The number of hydrogen-bond donors (Lipinski definition) is 0. The van der Waals surface area contributed by atoms with Gasteiger partial charge in [0, 0.05) is 25.9 Å². The van der Waals surface area contributed by atoms with Gasteiger partial charge in [-0.2, -0.15) is 0 Å². The Balaban J connectivity index is 1.46. The molecule has 0 heterocycles. The van der Waals surface area contributed by atoms with E-state index in [-0.39, 0.29) is 24.1 Å². The third kappa shape index (κ3) is 14.5. The molecule has 0 saturated carbocycles. The van der Waals surface area contributed by atoms with Gasteiger partial charge in [-0.25, -0.2) is 0 Å². The van der Waals surface area contributed by atoms with Crippen molar-refractivity contribution in [1.29, 1.82) is 0 Å². The Bertz CT molecular complexity index is 1030. The molecule has 0 aliphatic carbocycles. The van der Waals surface area contributed by atoms with E-state index >= 15 is 0 Å². The van der Waals surface area contributed by atoms with Gasteiger partial charge in [0.25, 0.3) is 0 Å². The van der Waals surface area contributed by atoms with Crippen molar-refractivity contribution >= 4 is 17.5 Å². The third-order valence-corrected chi connectivity index (χ3v) is 6.95. The largest absolute Gasteiger partial charge is 0.461 e. The first-order valence-corrected chi connectivity index (χ1v) is 14.8. The molecule has 0 aromatic heterocycles. The molecule has 0 aliphatic heterocycles. The summed E-state index contributed by atoms with van der Waals surface area (Å²) < 4.78 is 22.6. The third-order valence-electron chi connectivity index (χ3n) is 6.95. The molecule has 7 heteroatoms. The van der Waals surface area contributed by atoms with Gasteiger partial charge in [-0.15, -0.1) is 0 Å². The topological polar surface area (TPSA) is 88.1 Å². The summed E-state index contributed by atoms with van der Waals surface area (Å²) in [7, 11) is 0. The van der Waals surface area contributed by atoms with Crippen molar-refractivity contribution in [2.45, 2.75) is 103 Å². The first-order valence-electron chi connectivity index (χ1n) is 14.8. The number of esters is 1. The number of carbonyl (C=O) groups is 3. The molecule has 0 bridgehead atoms. The fourth-order valence-corrected chi connectivity index (χ4v) is 4.09. The van der Waals surface area contributed by atoms with Gasteiger partial charge >= 0.3 is 5.97 Å². The Kier molecular flexibility index (Phi) is 15.5. The minimum atomic E-state index is -0.896. The second kappa shape index (κ2) is 18.5. The van der Waals surface area contributed by atoms with E-state index < -0.39 is 11.2 Å². The van der Waals surface area contributed by atoms with Crippen LogP contribution in [0.1, 0.15) is 90.2 Å². The second-order valence-corrected chi connectivity index (χ2v) is 11.3. The summed E-state index contributed by atoms with van der Waals surface area (Å²) in [5, 5.41) is 0. The zero-order valence-electron chi connectivity index (χ0n) is 25.3. The standard InChI is InChI=1S/C34H48O7/c1-33(2,30(35)21-13-14-22-32(37)39-26-28-16-8-5-9-17-28)40-25-24-38-23-15-7-12-20-31(36)34(3,4)41-27-29-18-10-6-11-19-29/h5-6,8-11,16-19H,7,12-15,20-27H2,1-4H3. The number of Topliss-reactive ketones (excluding diaryl/α,β-unsaturated/α-hetero) is 2. The Labute approximate surface area is 245 Å². The molecule has 41 heavy (non-hydrogen) atoms. The maximum atomic E-state index is 12.6. The van der Waals surface area contributed by atoms with Gasteiger partial charge < -0.3 is 18.9 Å². The van der Waals surface area contributed by atoms with Crippen molar-refractivity contribution in [2.24, 2.45) is 0 Å². The average molecular weight is 569 g/mol. The molecule has 0 amide bonds. The highest BCUT2D eigenvalue weighted by molar-refractivity contribution is 5.86. The Hall–Kier alpha value is -2.87. The van der Waals surface area contributed by atoms with Gasteiger partial charge in [0.15, 0.2) is 11.6 Å². The van der Waals surface area contributed by atoms with Crippen molar-refractivity contribution in [3.63, 3.8) is 0 Å². The maximum Gasteiger partial charge on any atom is 0.306 e. The molecule has 0 spiro atoms. The summed E-state index contributed by atoms with van der Waals surface area (Å²) in [6, 6.07) is 19.4. The Morgan fingerprint density at radius 1 is 0.561 bits per heavy atom. The monoisotopic (exact) mass is 568 g/mol. The number of rotatable bonds is 22. The lowest BCUT2D eigenvalue weighted by Gasteiger charge is -2.24. The number of unbranched alkanes of at least 4 members (excludes halogenated alkanes) is 3. The van der Waals surface area contributed by atoms with Gasteiger partial charge in [0.1, 0.15) is 17.8 Å². The van der Waals surface area contributed by atoms with Crippen LogP contribution in [0.3, 0.4) is 0 Å². The molecule has 2 aromatic carbocycles. The van der Waals surface area contributed by atoms with E-state index in [1.54, 1.807) is 13.8 Å². The number of hydrogen-bond acceptors (Lipinski definition) is 7. The summed E-state index contributed by atoms with van der Waals surface area (Å²) in [6.45, 7) is 9.21. The zero-order valence-corrected chi connectivity index (χ0v) is 25.3. The molecule has 0 aliphatic rings. The van der Waals surface area contributed by atoms with Gasteiger partial charge in [-0.1, -0.05) is 67.1 Å². The van der Waals surface area contributed by atoms with Gasteiger partial charge in [0.05, 0.1) is 19.8 Å². The van der Waals surface area contributed by atoms with E-state index in [2.05, 4.69) is 0 Å². The van der Waals surface area contributed by atoms with Crippen LogP contribution in [0.4, 0.5) is 0 Å². The van der Waals surface area contributed by atoms with E-state index in [4.69, 9.17) is 18.9 Å².